The average Bonchev–Trinajstić information content (AvgIpc) is 3.21. The van der Waals surface area contributed by atoms with Crippen molar-refractivity contribution in [1.29, 1.82) is 0 Å². The number of benzene rings is 2. The lowest BCUT2D eigenvalue weighted by Gasteiger charge is -2.19. The molecule has 0 spiro atoms. The highest BCUT2D eigenvalue weighted by Crippen LogP contribution is 2.32. The number of rotatable bonds is 6. The predicted molar refractivity (Wildman–Crippen MR) is 123 cm³/mol. The van der Waals surface area contributed by atoms with Gasteiger partial charge in [0.2, 0.25) is 5.95 Å². The van der Waals surface area contributed by atoms with E-state index in [9.17, 15) is 9.18 Å². The van der Waals surface area contributed by atoms with Gasteiger partial charge in [-0.25, -0.2) is 19.6 Å². The Morgan fingerprint density at radius 3 is 2.81 bits per heavy atom. The summed E-state index contributed by atoms with van der Waals surface area (Å²) in [4.78, 5) is 19.8. The van der Waals surface area contributed by atoms with Crippen LogP contribution in [0.15, 0.2) is 66.0 Å². The van der Waals surface area contributed by atoms with Crippen LogP contribution < -0.4 is 15.8 Å². The fourth-order valence-electron chi connectivity index (χ4n) is 3.03. The van der Waals surface area contributed by atoms with Gasteiger partial charge in [-0.3, -0.25) is 5.01 Å². The third-order valence-electron chi connectivity index (χ3n) is 4.48. The van der Waals surface area contributed by atoms with Gasteiger partial charge in [0.25, 0.3) is 0 Å². The number of anilines is 3. The van der Waals surface area contributed by atoms with E-state index in [1.165, 1.54) is 24.3 Å². The molecule has 0 saturated heterocycles. The van der Waals surface area contributed by atoms with Crippen LogP contribution in [0.25, 0.3) is 17.2 Å². The second-order valence-electron chi connectivity index (χ2n) is 6.76. The van der Waals surface area contributed by atoms with Gasteiger partial charge in [0.15, 0.2) is 5.82 Å². The fourth-order valence-corrected chi connectivity index (χ4v) is 3.37. The molecular weight excluding hydrogens is 456 g/mol. The van der Waals surface area contributed by atoms with Crippen LogP contribution in [0, 0.1) is 5.82 Å². The van der Waals surface area contributed by atoms with E-state index < -0.39 is 11.8 Å². The minimum Gasteiger partial charge on any atom is -0.478 e. The van der Waals surface area contributed by atoms with Crippen molar-refractivity contribution >= 4 is 52.7 Å². The maximum absolute atomic E-state index is 13.5. The molecule has 10 heteroatoms. The van der Waals surface area contributed by atoms with Crippen molar-refractivity contribution < 1.29 is 14.3 Å². The summed E-state index contributed by atoms with van der Waals surface area (Å²) in [7, 11) is 0. The standard InChI is InChI=1S/C22H16Cl2FN5O2/c23-15-10-27-30(12-15)21-17(14-3-1-2-13(8-14)4-7-20(31)32)11-26-22(29-21)28-16-5-6-19(25)18(24)9-16/h1-9,11-12,27H,10H2,(H,31,32)(H,26,28,29)/b7-4+. The summed E-state index contributed by atoms with van der Waals surface area (Å²) in [5.41, 5.74) is 5.83. The van der Waals surface area contributed by atoms with Crippen LogP contribution in [0.5, 0.6) is 0 Å². The largest absolute Gasteiger partial charge is 0.478 e. The van der Waals surface area contributed by atoms with E-state index >= 15 is 0 Å². The number of carboxylic acids is 1. The number of halogens is 3. The molecule has 2 heterocycles. The molecule has 1 aliphatic heterocycles. The van der Waals surface area contributed by atoms with Crippen LogP contribution in [0.2, 0.25) is 5.02 Å². The first kappa shape index (κ1) is 21.8. The smallest absolute Gasteiger partial charge is 0.328 e. The zero-order chi connectivity index (χ0) is 22.7. The molecule has 0 fully saturated rings. The Bertz CT molecular complexity index is 1250. The first-order valence-electron chi connectivity index (χ1n) is 9.38. The first-order valence-corrected chi connectivity index (χ1v) is 10.1. The van der Waals surface area contributed by atoms with Crippen molar-refractivity contribution in [2.24, 2.45) is 0 Å². The van der Waals surface area contributed by atoms with Gasteiger partial charge in [0.1, 0.15) is 5.82 Å². The Kier molecular flexibility index (Phi) is 6.36. The Morgan fingerprint density at radius 1 is 1.25 bits per heavy atom. The molecule has 0 saturated carbocycles. The molecule has 0 unspecified atom stereocenters. The normalized spacial score (nSPS) is 13.5. The molecule has 162 valence electrons. The Hall–Kier alpha value is -3.46. The molecule has 0 aliphatic carbocycles. The van der Waals surface area contributed by atoms with Gasteiger partial charge in [-0.15, -0.1) is 0 Å². The van der Waals surface area contributed by atoms with E-state index in [1.54, 1.807) is 23.5 Å². The number of nitrogens with zero attached hydrogens (tertiary/aromatic N) is 3. The van der Waals surface area contributed by atoms with Gasteiger partial charge in [-0.2, -0.15) is 4.98 Å². The third-order valence-corrected chi connectivity index (χ3v) is 5.00. The topological polar surface area (TPSA) is 90.4 Å². The van der Waals surface area contributed by atoms with Crippen molar-refractivity contribution in [1.82, 2.24) is 15.4 Å². The van der Waals surface area contributed by atoms with Crippen LogP contribution in [-0.2, 0) is 4.79 Å². The number of aliphatic carboxylic acids is 1. The Labute approximate surface area is 192 Å². The van der Waals surface area contributed by atoms with Crippen molar-refractivity contribution in [3.05, 3.63) is 82.4 Å². The number of nitrogens with one attached hydrogen (secondary N) is 2. The third kappa shape index (κ3) is 5.05. The van der Waals surface area contributed by atoms with E-state index in [2.05, 4.69) is 20.7 Å². The summed E-state index contributed by atoms with van der Waals surface area (Å²) in [5, 5.41) is 14.2. The molecule has 1 aromatic heterocycles. The SMILES string of the molecule is O=C(O)/C=C/c1cccc(-c2cnc(Nc3ccc(F)c(Cl)c3)nc2N2C=C(Cl)CN2)c1. The van der Waals surface area contributed by atoms with Gasteiger partial charge in [-0.1, -0.05) is 41.4 Å². The monoisotopic (exact) mass is 471 g/mol. The molecule has 4 rings (SSSR count). The summed E-state index contributed by atoms with van der Waals surface area (Å²) < 4.78 is 13.5. The van der Waals surface area contributed by atoms with Crippen LogP contribution in [-0.4, -0.2) is 27.6 Å². The summed E-state index contributed by atoms with van der Waals surface area (Å²) in [6.45, 7) is 0.447. The lowest BCUT2D eigenvalue weighted by atomic mass is 10.0. The summed E-state index contributed by atoms with van der Waals surface area (Å²) in [6, 6.07) is 11.5. The van der Waals surface area contributed by atoms with Crippen LogP contribution in [0.4, 0.5) is 21.8 Å². The lowest BCUT2D eigenvalue weighted by molar-refractivity contribution is -0.131. The maximum Gasteiger partial charge on any atom is 0.328 e. The highest BCUT2D eigenvalue weighted by atomic mass is 35.5. The van der Waals surface area contributed by atoms with E-state index in [-0.39, 0.29) is 11.0 Å². The molecule has 7 nitrogen and oxygen atoms in total. The van der Waals surface area contributed by atoms with Crippen molar-refractivity contribution in [2.45, 2.75) is 0 Å². The number of aromatic nitrogens is 2. The molecule has 32 heavy (non-hydrogen) atoms. The van der Waals surface area contributed by atoms with E-state index in [1.807, 2.05) is 18.2 Å². The van der Waals surface area contributed by atoms with Crippen LogP contribution in [0.1, 0.15) is 5.56 Å². The minimum absolute atomic E-state index is 0.0194. The zero-order valence-electron chi connectivity index (χ0n) is 16.4. The molecule has 0 atom stereocenters. The molecule has 0 radical (unpaired) electrons. The van der Waals surface area contributed by atoms with Gasteiger partial charge < -0.3 is 10.4 Å². The van der Waals surface area contributed by atoms with Crippen molar-refractivity contribution in [2.75, 3.05) is 16.9 Å². The van der Waals surface area contributed by atoms with Crippen molar-refractivity contribution in [3.8, 4) is 11.1 Å². The predicted octanol–water partition coefficient (Wildman–Crippen LogP) is 5.18. The highest BCUT2D eigenvalue weighted by Gasteiger charge is 2.19. The van der Waals surface area contributed by atoms with Gasteiger partial charge >= 0.3 is 5.97 Å². The maximum atomic E-state index is 13.5. The molecule has 2 aromatic carbocycles. The molecule has 1 aliphatic rings. The Balaban J connectivity index is 1.73. The van der Waals surface area contributed by atoms with Crippen LogP contribution >= 0.6 is 23.2 Å². The lowest BCUT2D eigenvalue weighted by Crippen LogP contribution is -2.30. The number of hydrogen-bond acceptors (Lipinski definition) is 6. The van der Waals surface area contributed by atoms with Gasteiger partial charge in [0.05, 0.1) is 16.6 Å². The summed E-state index contributed by atoms with van der Waals surface area (Å²) in [5.74, 6) is -0.763. The summed E-state index contributed by atoms with van der Waals surface area (Å²) >= 11 is 12.0. The number of carbonyl (C=O) groups is 1. The van der Waals surface area contributed by atoms with E-state index in [4.69, 9.17) is 28.3 Å². The van der Waals surface area contributed by atoms with E-state index in [0.717, 1.165) is 11.6 Å². The van der Waals surface area contributed by atoms with Crippen LogP contribution in [0.3, 0.4) is 0 Å². The Morgan fingerprint density at radius 2 is 2.09 bits per heavy atom. The second-order valence-corrected chi connectivity index (χ2v) is 7.66. The van der Waals surface area contributed by atoms with Gasteiger partial charge in [0, 0.05) is 29.7 Å². The fraction of sp³-hybridized carbons (Fsp3) is 0.0455. The number of hydrazine groups is 1. The van der Waals surface area contributed by atoms with Gasteiger partial charge in [-0.05, 0) is 41.5 Å². The molecule has 3 aromatic rings. The minimum atomic E-state index is -1.03. The number of hydrogen-bond donors (Lipinski definition) is 3. The second kappa shape index (κ2) is 9.35. The quantitative estimate of drug-likeness (QED) is 0.426. The molecule has 0 amide bonds. The highest BCUT2D eigenvalue weighted by molar-refractivity contribution is 6.31. The average molecular weight is 472 g/mol. The van der Waals surface area contributed by atoms with Crippen molar-refractivity contribution in [3.63, 3.8) is 0 Å². The van der Waals surface area contributed by atoms with E-state index in [0.29, 0.717) is 34.2 Å². The summed E-state index contributed by atoms with van der Waals surface area (Å²) in [6.07, 6.45) is 5.92. The first-order chi connectivity index (χ1) is 15.4. The molecule has 3 N–H and O–H groups in total. The number of carboxylic acid groups (broad SMARTS) is 1. The zero-order valence-corrected chi connectivity index (χ0v) is 17.9. The molecular formula is C22H16Cl2FN5O2. The molecule has 0 bridgehead atoms.